The van der Waals surface area contributed by atoms with E-state index in [1.807, 2.05) is 0 Å². The van der Waals surface area contributed by atoms with Gasteiger partial charge in [0.05, 0.1) is 13.2 Å². The molecular formula is C22H30F4O3. The Hall–Kier alpha value is -1.34. The number of hydrogen-bond donors (Lipinski definition) is 0. The number of alkyl halides is 3. The molecule has 164 valence electrons. The van der Waals surface area contributed by atoms with E-state index in [0.29, 0.717) is 43.5 Å². The summed E-state index contributed by atoms with van der Waals surface area (Å²) in [6, 6.07) is 3.51. The predicted octanol–water partition coefficient (Wildman–Crippen LogP) is 6.25. The van der Waals surface area contributed by atoms with E-state index in [1.54, 1.807) is 0 Å². The third kappa shape index (κ3) is 6.85. The number of ether oxygens (including phenoxy) is 3. The highest BCUT2D eigenvalue weighted by molar-refractivity contribution is 5.29. The first-order valence-electron chi connectivity index (χ1n) is 10.6. The van der Waals surface area contributed by atoms with Crippen LogP contribution in [0.2, 0.25) is 0 Å². The zero-order valence-corrected chi connectivity index (χ0v) is 16.8. The first-order chi connectivity index (χ1) is 13.8. The SMILES string of the molecule is CCCC1CCC(C2COC(CCc3ccc(OC(F)(F)F)c(F)c3)OC2)CC1. The van der Waals surface area contributed by atoms with E-state index in [2.05, 4.69) is 11.7 Å². The molecule has 0 radical (unpaired) electrons. The van der Waals surface area contributed by atoms with Crippen molar-refractivity contribution in [3.63, 3.8) is 0 Å². The van der Waals surface area contributed by atoms with Crippen molar-refractivity contribution < 1.29 is 31.8 Å². The summed E-state index contributed by atoms with van der Waals surface area (Å²) >= 11 is 0. The number of aryl methyl sites for hydroxylation is 1. The average Bonchev–Trinajstić information content (AvgIpc) is 2.69. The lowest BCUT2D eigenvalue weighted by Crippen LogP contribution is -2.37. The van der Waals surface area contributed by atoms with Crippen LogP contribution in [0.5, 0.6) is 5.75 Å². The first-order valence-corrected chi connectivity index (χ1v) is 10.6. The normalized spacial score (nSPS) is 28.3. The van der Waals surface area contributed by atoms with Crippen molar-refractivity contribution in [3.8, 4) is 5.75 Å². The molecule has 3 nitrogen and oxygen atoms in total. The summed E-state index contributed by atoms with van der Waals surface area (Å²) in [5.74, 6) is 0.138. The van der Waals surface area contributed by atoms with E-state index in [4.69, 9.17) is 9.47 Å². The second-order valence-corrected chi connectivity index (χ2v) is 8.28. The maximum atomic E-state index is 13.8. The van der Waals surface area contributed by atoms with Crippen molar-refractivity contribution >= 4 is 0 Å². The Morgan fingerprint density at radius 2 is 1.69 bits per heavy atom. The van der Waals surface area contributed by atoms with E-state index in [0.717, 1.165) is 18.1 Å². The summed E-state index contributed by atoms with van der Waals surface area (Å²) in [5.41, 5.74) is 0.584. The highest BCUT2D eigenvalue weighted by Gasteiger charge is 2.33. The lowest BCUT2D eigenvalue weighted by atomic mass is 9.75. The van der Waals surface area contributed by atoms with Crippen molar-refractivity contribution in [1.29, 1.82) is 0 Å². The van der Waals surface area contributed by atoms with Crippen LogP contribution in [0.25, 0.3) is 0 Å². The molecular weight excluding hydrogens is 388 g/mol. The summed E-state index contributed by atoms with van der Waals surface area (Å²) in [6.07, 6.45) is 3.43. The second-order valence-electron chi connectivity index (χ2n) is 8.28. The molecule has 0 atom stereocenters. The van der Waals surface area contributed by atoms with E-state index in [1.165, 1.54) is 44.6 Å². The first kappa shape index (κ1) is 22.3. The van der Waals surface area contributed by atoms with Crippen LogP contribution in [-0.2, 0) is 15.9 Å². The van der Waals surface area contributed by atoms with Gasteiger partial charge < -0.3 is 14.2 Å². The minimum atomic E-state index is -4.90. The maximum Gasteiger partial charge on any atom is 0.573 e. The quantitative estimate of drug-likeness (QED) is 0.490. The van der Waals surface area contributed by atoms with E-state index in [-0.39, 0.29) is 6.29 Å². The third-order valence-electron chi connectivity index (χ3n) is 6.14. The molecule has 1 aromatic carbocycles. The summed E-state index contributed by atoms with van der Waals surface area (Å²) in [7, 11) is 0. The Labute approximate surface area is 169 Å². The Kier molecular flexibility index (Phi) is 7.79. The van der Waals surface area contributed by atoms with Crippen LogP contribution in [0.4, 0.5) is 17.6 Å². The fraction of sp³-hybridized carbons (Fsp3) is 0.727. The van der Waals surface area contributed by atoms with Crippen molar-refractivity contribution in [2.75, 3.05) is 13.2 Å². The molecule has 1 aromatic rings. The Morgan fingerprint density at radius 3 is 2.28 bits per heavy atom. The van der Waals surface area contributed by atoms with Gasteiger partial charge in [0.15, 0.2) is 17.9 Å². The van der Waals surface area contributed by atoms with Crippen LogP contribution in [0.15, 0.2) is 18.2 Å². The molecule has 2 aliphatic rings. The third-order valence-corrected chi connectivity index (χ3v) is 6.14. The highest BCUT2D eigenvalue weighted by atomic mass is 19.4. The van der Waals surface area contributed by atoms with E-state index in [9.17, 15) is 17.6 Å². The standard InChI is InChI=1S/C22H30F4O3/c1-2-3-15-4-8-17(9-5-15)18-13-27-21(28-14-18)11-7-16-6-10-20(19(23)12-16)29-22(24,25)26/h6,10,12,15,17-18,21H,2-5,7-9,11,13-14H2,1H3. The molecule has 1 aliphatic carbocycles. The van der Waals surface area contributed by atoms with Gasteiger partial charge in [-0.1, -0.05) is 38.7 Å². The van der Waals surface area contributed by atoms with Crippen LogP contribution in [-0.4, -0.2) is 25.9 Å². The minimum absolute atomic E-state index is 0.350. The van der Waals surface area contributed by atoms with E-state index < -0.39 is 17.9 Å². The maximum absolute atomic E-state index is 13.8. The summed E-state index contributed by atoms with van der Waals surface area (Å²) in [5, 5.41) is 0. The van der Waals surface area contributed by atoms with Gasteiger partial charge in [-0.15, -0.1) is 13.2 Å². The molecule has 0 spiro atoms. The summed E-state index contributed by atoms with van der Waals surface area (Å²) < 4.78 is 65.8. The largest absolute Gasteiger partial charge is 0.573 e. The van der Waals surface area contributed by atoms with Crippen LogP contribution in [0.3, 0.4) is 0 Å². The fourth-order valence-electron chi connectivity index (χ4n) is 4.55. The molecule has 0 bridgehead atoms. The Morgan fingerprint density at radius 1 is 1.00 bits per heavy atom. The Balaban J connectivity index is 1.40. The second kappa shape index (κ2) is 10.1. The number of benzene rings is 1. The van der Waals surface area contributed by atoms with Gasteiger partial charge in [-0.25, -0.2) is 4.39 Å². The predicted molar refractivity (Wildman–Crippen MR) is 101 cm³/mol. The van der Waals surface area contributed by atoms with Crippen LogP contribution >= 0.6 is 0 Å². The van der Waals surface area contributed by atoms with E-state index >= 15 is 0 Å². The van der Waals surface area contributed by atoms with Gasteiger partial charge in [-0.05, 0) is 48.8 Å². The van der Waals surface area contributed by atoms with Crippen molar-refractivity contribution in [3.05, 3.63) is 29.6 Å². The zero-order chi connectivity index (χ0) is 20.9. The molecule has 1 saturated carbocycles. The molecule has 7 heteroatoms. The van der Waals surface area contributed by atoms with Crippen molar-refractivity contribution in [2.45, 2.75) is 70.9 Å². The molecule has 0 aromatic heterocycles. The van der Waals surface area contributed by atoms with Gasteiger partial charge in [0, 0.05) is 12.3 Å². The Bertz CT molecular complexity index is 633. The number of hydrogen-bond acceptors (Lipinski definition) is 3. The van der Waals surface area contributed by atoms with Gasteiger partial charge in [-0.3, -0.25) is 0 Å². The van der Waals surface area contributed by atoms with Crippen molar-refractivity contribution in [1.82, 2.24) is 0 Å². The molecule has 0 amide bonds. The zero-order valence-electron chi connectivity index (χ0n) is 16.8. The average molecular weight is 418 g/mol. The minimum Gasteiger partial charge on any atom is -0.403 e. The van der Waals surface area contributed by atoms with Crippen LogP contribution in [0.1, 0.15) is 57.4 Å². The van der Waals surface area contributed by atoms with Gasteiger partial charge in [-0.2, -0.15) is 0 Å². The number of rotatable bonds is 7. The van der Waals surface area contributed by atoms with Crippen molar-refractivity contribution in [2.24, 2.45) is 17.8 Å². The van der Waals surface area contributed by atoms with Gasteiger partial charge in [0.25, 0.3) is 0 Å². The highest BCUT2D eigenvalue weighted by Crippen LogP contribution is 2.37. The topological polar surface area (TPSA) is 27.7 Å². The monoisotopic (exact) mass is 418 g/mol. The summed E-state index contributed by atoms with van der Waals surface area (Å²) in [4.78, 5) is 0. The van der Waals surface area contributed by atoms with Gasteiger partial charge in [0.1, 0.15) is 0 Å². The van der Waals surface area contributed by atoms with Gasteiger partial charge in [0.2, 0.25) is 0 Å². The fourth-order valence-corrected chi connectivity index (χ4v) is 4.55. The lowest BCUT2D eigenvalue weighted by Gasteiger charge is -2.37. The molecule has 1 saturated heterocycles. The molecule has 2 fully saturated rings. The molecule has 0 N–H and O–H groups in total. The summed E-state index contributed by atoms with van der Waals surface area (Å²) in [6.45, 7) is 3.61. The molecule has 0 unspecified atom stereocenters. The smallest absolute Gasteiger partial charge is 0.403 e. The molecule has 29 heavy (non-hydrogen) atoms. The molecule has 1 aliphatic heterocycles. The van der Waals surface area contributed by atoms with Crippen LogP contribution in [0, 0.1) is 23.6 Å². The van der Waals surface area contributed by atoms with Crippen LogP contribution < -0.4 is 4.74 Å². The molecule has 1 heterocycles. The number of halogens is 4. The van der Waals surface area contributed by atoms with Gasteiger partial charge >= 0.3 is 6.36 Å². The lowest BCUT2D eigenvalue weighted by molar-refractivity contribution is -0.275. The molecule has 3 rings (SSSR count).